The number of hydrogen-bond acceptors (Lipinski definition) is 1. The molecule has 1 nitrogen and oxygen atoms in total. The Labute approximate surface area is 120 Å². The van der Waals surface area contributed by atoms with Crippen LogP contribution >= 0.6 is 31.9 Å². The fourth-order valence-electron chi connectivity index (χ4n) is 1.65. The summed E-state index contributed by atoms with van der Waals surface area (Å²) in [5.74, 6) is -1.54. The van der Waals surface area contributed by atoms with Crippen molar-refractivity contribution in [3.63, 3.8) is 0 Å². The molecule has 94 valence electrons. The third kappa shape index (κ3) is 2.63. The summed E-state index contributed by atoms with van der Waals surface area (Å²) in [5, 5.41) is 10.1. The Hall–Kier alpha value is -0.780. The molecule has 0 bridgehead atoms. The van der Waals surface area contributed by atoms with Crippen LogP contribution in [-0.2, 0) is 0 Å². The molecule has 0 heterocycles. The van der Waals surface area contributed by atoms with Crippen LogP contribution < -0.4 is 0 Å². The van der Waals surface area contributed by atoms with Crippen molar-refractivity contribution >= 4 is 31.9 Å². The van der Waals surface area contributed by atoms with Crippen molar-refractivity contribution in [1.29, 1.82) is 0 Å². The van der Waals surface area contributed by atoms with Crippen molar-refractivity contribution in [2.75, 3.05) is 0 Å². The zero-order chi connectivity index (χ0) is 13.3. The van der Waals surface area contributed by atoms with Gasteiger partial charge >= 0.3 is 0 Å². The van der Waals surface area contributed by atoms with E-state index < -0.39 is 17.7 Å². The molecule has 0 saturated carbocycles. The summed E-state index contributed by atoms with van der Waals surface area (Å²) in [4.78, 5) is 0. The molecule has 2 aromatic rings. The van der Waals surface area contributed by atoms with Crippen LogP contribution in [0.2, 0.25) is 0 Å². The van der Waals surface area contributed by atoms with Crippen LogP contribution in [-0.4, -0.2) is 5.11 Å². The normalized spacial score (nSPS) is 12.5. The van der Waals surface area contributed by atoms with Crippen LogP contribution in [0.25, 0.3) is 0 Å². The second-order valence-electron chi connectivity index (χ2n) is 3.70. The monoisotopic (exact) mass is 376 g/mol. The van der Waals surface area contributed by atoms with Crippen molar-refractivity contribution in [1.82, 2.24) is 0 Å². The Kier molecular flexibility index (Phi) is 4.14. The first-order chi connectivity index (χ1) is 8.50. The van der Waals surface area contributed by atoms with Gasteiger partial charge in [-0.2, -0.15) is 0 Å². The highest BCUT2D eigenvalue weighted by molar-refractivity contribution is 9.11. The highest BCUT2D eigenvalue weighted by Gasteiger charge is 2.21. The Morgan fingerprint density at radius 3 is 2.22 bits per heavy atom. The summed E-state index contributed by atoms with van der Waals surface area (Å²) in [5.41, 5.74) is 0.0460. The highest BCUT2D eigenvalue weighted by Crippen LogP contribution is 2.33. The molecule has 5 heteroatoms. The standard InChI is InChI=1S/C13H8Br2F2O/c14-7-4-5-9(15)8(6-7)13(18)12-10(16)2-1-3-11(12)17/h1-6,13,18H. The molecule has 0 saturated heterocycles. The lowest BCUT2D eigenvalue weighted by Crippen LogP contribution is -2.06. The predicted octanol–water partition coefficient (Wildman–Crippen LogP) is 4.57. The first-order valence-electron chi connectivity index (χ1n) is 5.07. The van der Waals surface area contributed by atoms with Crippen molar-refractivity contribution in [2.45, 2.75) is 6.10 Å². The number of rotatable bonds is 2. The van der Waals surface area contributed by atoms with Gasteiger partial charge in [-0.25, -0.2) is 8.78 Å². The van der Waals surface area contributed by atoms with Gasteiger partial charge in [0.15, 0.2) is 0 Å². The third-order valence-corrected chi connectivity index (χ3v) is 3.74. The molecule has 1 atom stereocenters. The van der Waals surface area contributed by atoms with Crippen LogP contribution in [0.1, 0.15) is 17.2 Å². The van der Waals surface area contributed by atoms with Gasteiger partial charge < -0.3 is 5.11 Å². The molecule has 0 amide bonds. The summed E-state index contributed by atoms with van der Waals surface area (Å²) in [6, 6.07) is 8.57. The molecule has 0 aliphatic rings. The molecule has 0 aromatic heterocycles. The molecule has 2 aromatic carbocycles. The quantitative estimate of drug-likeness (QED) is 0.812. The van der Waals surface area contributed by atoms with Gasteiger partial charge in [0.05, 0.1) is 5.56 Å². The fourth-order valence-corrected chi connectivity index (χ4v) is 2.49. The number of aliphatic hydroxyl groups is 1. The number of benzene rings is 2. The van der Waals surface area contributed by atoms with E-state index in [1.807, 2.05) is 0 Å². The van der Waals surface area contributed by atoms with Gasteiger partial charge in [0.2, 0.25) is 0 Å². The molecule has 1 unspecified atom stereocenters. The Bertz CT molecular complexity index is 567. The number of halogens is 4. The lowest BCUT2D eigenvalue weighted by atomic mass is 10.0. The van der Waals surface area contributed by atoms with Gasteiger partial charge in [0, 0.05) is 14.5 Å². The largest absolute Gasteiger partial charge is 0.383 e. The average Bonchev–Trinajstić information content (AvgIpc) is 2.32. The van der Waals surface area contributed by atoms with Crippen LogP contribution in [0.15, 0.2) is 45.3 Å². The molecular formula is C13H8Br2F2O. The smallest absolute Gasteiger partial charge is 0.132 e. The second-order valence-corrected chi connectivity index (χ2v) is 5.47. The van der Waals surface area contributed by atoms with Gasteiger partial charge in [0.25, 0.3) is 0 Å². The van der Waals surface area contributed by atoms with E-state index in [0.717, 1.165) is 16.6 Å². The van der Waals surface area contributed by atoms with Crippen molar-refractivity contribution in [3.05, 3.63) is 68.1 Å². The van der Waals surface area contributed by atoms with E-state index in [-0.39, 0.29) is 5.56 Å². The highest BCUT2D eigenvalue weighted by atomic mass is 79.9. The molecule has 0 aliphatic carbocycles. The van der Waals surface area contributed by atoms with Crippen LogP contribution in [0.5, 0.6) is 0 Å². The molecule has 0 fully saturated rings. The van der Waals surface area contributed by atoms with Crippen LogP contribution in [0, 0.1) is 11.6 Å². The maximum Gasteiger partial charge on any atom is 0.132 e. The van der Waals surface area contributed by atoms with Crippen LogP contribution in [0.4, 0.5) is 8.78 Å². The van der Waals surface area contributed by atoms with Gasteiger partial charge in [-0.15, -0.1) is 0 Å². The van der Waals surface area contributed by atoms with E-state index in [1.54, 1.807) is 18.2 Å². The molecular weight excluding hydrogens is 370 g/mol. The van der Waals surface area contributed by atoms with E-state index in [9.17, 15) is 13.9 Å². The molecule has 0 spiro atoms. The molecule has 18 heavy (non-hydrogen) atoms. The maximum absolute atomic E-state index is 13.6. The van der Waals surface area contributed by atoms with Gasteiger partial charge in [-0.05, 0) is 30.3 Å². The second kappa shape index (κ2) is 5.47. The van der Waals surface area contributed by atoms with Gasteiger partial charge in [-0.3, -0.25) is 0 Å². The molecule has 1 N–H and O–H groups in total. The summed E-state index contributed by atoms with van der Waals surface area (Å²) in [6.07, 6.45) is -1.36. The summed E-state index contributed by atoms with van der Waals surface area (Å²) >= 11 is 6.51. The fraction of sp³-hybridized carbons (Fsp3) is 0.0769. The zero-order valence-electron chi connectivity index (χ0n) is 9.00. The number of hydrogen-bond donors (Lipinski definition) is 1. The minimum atomic E-state index is -1.36. The summed E-state index contributed by atoms with van der Waals surface area (Å²) in [7, 11) is 0. The minimum absolute atomic E-state index is 0.351. The lowest BCUT2D eigenvalue weighted by Gasteiger charge is -2.15. The lowest BCUT2D eigenvalue weighted by molar-refractivity contribution is 0.208. The Balaban J connectivity index is 2.54. The molecule has 0 radical (unpaired) electrons. The molecule has 2 rings (SSSR count). The minimum Gasteiger partial charge on any atom is -0.383 e. The van der Waals surface area contributed by atoms with E-state index in [0.29, 0.717) is 10.0 Å². The SMILES string of the molecule is OC(c1cc(Br)ccc1Br)c1c(F)cccc1F. The van der Waals surface area contributed by atoms with E-state index in [4.69, 9.17) is 0 Å². The summed E-state index contributed by atoms with van der Waals surface area (Å²) < 4.78 is 28.5. The topological polar surface area (TPSA) is 20.2 Å². The van der Waals surface area contributed by atoms with Crippen molar-refractivity contribution in [3.8, 4) is 0 Å². The predicted molar refractivity (Wildman–Crippen MR) is 72.3 cm³/mol. The van der Waals surface area contributed by atoms with Crippen molar-refractivity contribution < 1.29 is 13.9 Å². The zero-order valence-corrected chi connectivity index (χ0v) is 12.2. The first kappa shape index (κ1) is 13.6. The molecule has 0 aliphatic heterocycles. The Morgan fingerprint density at radius 1 is 1.00 bits per heavy atom. The summed E-state index contributed by atoms with van der Waals surface area (Å²) in [6.45, 7) is 0. The Morgan fingerprint density at radius 2 is 1.61 bits per heavy atom. The van der Waals surface area contributed by atoms with Crippen LogP contribution in [0.3, 0.4) is 0 Å². The van der Waals surface area contributed by atoms with Crippen molar-refractivity contribution in [2.24, 2.45) is 0 Å². The maximum atomic E-state index is 13.6. The van der Waals surface area contributed by atoms with E-state index in [1.165, 1.54) is 6.07 Å². The average molecular weight is 378 g/mol. The number of aliphatic hydroxyl groups excluding tert-OH is 1. The third-order valence-electron chi connectivity index (χ3n) is 2.53. The van der Waals surface area contributed by atoms with E-state index in [2.05, 4.69) is 31.9 Å². The first-order valence-corrected chi connectivity index (χ1v) is 6.66. The van der Waals surface area contributed by atoms with Gasteiger partial charge in [0.1, 0.15) is 17.7 Å². The van der Waals surface area contributed by atoms with Gasteiger partial charge in [-0.1, -0.05) is 37.9 Å². The van der Waals surface area contributed by atoms with E-state index >= 15 is 0 Å².